The molecule has 138 valence electrons. The average molecular weight is 469 g/mol. The molecule has 3 rings (SSSR count). The van der Waals surface area contributed by atoms with Gasteiger partial charge < -0.3 is 4.57 Å². The second-order valence-electron chi connectivity index (χ2n) is 5.49. The normalized spacial score (nSPS) is 11.8. The topological polar surface area (TPSA) is 70.2 Å². The van der Waals surface area contributed by atoms with E-state index in [1.54, 1.807) is 65.8 Å². The minimum Gasteiger partial charge on any atom is -0.333 e. The molecule has 0 saturated heterocycles. The molecule has 6 nitrogen and oxygen atoms in total. The number of hydrogen-bond acceptors (Lipinski definition) is 4. The van der Waals surface area contributed by atoms with Crippen LogP contribution in [0.15, 0.2) is 65.7 Å². The molecule has 0 radical (unpaired) electrons. The lowest BCUT2D eigenvalue weighted by atomic mass is 10.0. The van der Waals surface area contributed by atoms with Crippen molar-refractivity contribution >= 4 is 50.5 Å². The molecule has 1 heterocycles. The molecule has 0 amide bonds. The van der Waals surface area contributed by atoms with E-state index >= 15 is 0 Å². The number of hydrogen-bond donors (Lipinski definition) is 0. The number of allylic oxidation sites excluding steroid dienone is 1. The summed E-state index contributed by atoms with van der Waals surface area (Å²) in [6.45, 7) is 0.264. The van der Waals surface area contributed by atoms with Crippen LogP contribution in [-0.2, 0) is 11.4 Å². The Morgan fingerprint density at radius 1 is 1.22 bits per heavy atom. The van der Waals surface area contributed by atoms with E-state index in [-0.39, 0.29) is 12.3 Å². The summed E-state index contributed by atoms with van der Waals surface area (Å²) in [5.41, 5.74) is 1.64. The zero-order valence-corrected chi connectivity index (χ0v) is 16.8. The van der Waals surface area contributed by atoms with E-state index < -0.39 is 5.09 Å². The maximum atomic E-state index is 11.2. The van der Waals surface area contributed by atoms with Gasteiger partial charge >= 0.3 is 0 Å². The molecule has 0 aliphatic carbocycles. The van der Waals surface area contributed by atoms with Crippen molar-refractivity contribution < 1.29 is 9.92 Å². The molecule has 9 heteroatoms. The highest BCUT2D eigenvalue weighted by Crippen LogP contribution is 2.34. The third-order valence-corrected chi connectivity index (χ3v) is 4.78. The van der Waals surface area contributed by atoms with E-state index in [9.17, 15) is 10.1 Å². The van der Waals surface area contributed by atoms with Gasteiger partial charge in [-0.05, 0) is 24.3 Å². The Hall–Kier alpha value is -2.35. The fraction of sp³-hybridized carbons (Fsp3) is 0.0556. The molecular weight excluding hydrogens is 457 g/mol. The Kier molecular flexibility index (Phi) is 6.15. The van der Waals surface area contributed by atoms with Crippen molar-refractivity contribution in [1.29, 1.82) is 0 Å². The van der Waals surface area contributed by atoms with Crippen LogP contribution in [0, 0.1) is 10.1 Å². The van der Waals surface area contributed by atoms with Crippen LogP contribution in [0.5, 0.6) is 0 Å². The Labute approximate surface area is 173 Å². The first-order chi connectivity index (χ1) is 12.9. The SMILES string of the molecule is O=[N+]([O-])OC(=C(Cn1ccnc1)c1ccc(Cl)cc1Cl)c1ccc(Br)cc1. The highest BCUT2D eigenvalue weighted by atomic mass is 79.9. The number of aromatic nitrogens is 2. The number of benzene rings is 2. The molecule has 2 aromatic carbocycles. The van der Waals surface area contributed by atoms with Gasteiger partial charge in [0.25, 0.3) is 5.09 Å². The molecule has 0 fully saturated rings. The van der Waals surface area contributed by atoms with E-state index in [1.165, 1.54) is 0 Å². The van der Waals surface area contributed by atoms with Crippen LogP contribution in [0.1, 0.15) is 11.1 Å². The predicted octanol–water partition coefficient (Wildman–Crippen LogP) is 5.73. The van der Waals surface area contributed by atoms with E-state index in [0.29, 0.717) is 26.7 Å². The van der Waals surface area contributed by atoms with Crippen LogP contribution in [-0.4, -0.2) is 14.6 Å². The van der Waals surface area contributed by atoms with E-state index in [1.807, 2.05) is 0 Å². The molecule has 0 atom stereocenters. The number of rotatable bonds is 6. The van der Waals surface area contributed by atoms with Crippen molar-refractivity contribution in [1.82, 2.24) is 9.55 Å². The summed E-state index contributed by atoms with van der Waals surface area (Å²) in [6, 6.07) is 12.0. The van der Waals surface area contributed by atoms with Crippen molar-refractivity contribution in [2.75, 3.05) is 0 Å². The largest absolute Gasteiger partial charge is 0.333 e. The van der Waals surface area contributed by atoms with Gasteiger partial charge in [-0.3, -0.25) is 4.84 Å². The van der Waals surface area contributed by atoms with Gasteiger partial charge in [0, 0.05) is 43.6 Å². The maximum Gasteiger partial charge on any atom is 0.299 e. The van der Waals surface area contributed by atoms with Crippen molar-refractivity contribution in [2.24, 2.45) is 0 Å². The van der Waals surface area contributed by atoms with E-state index in [2.05, 4.69) is 20.9 Å². The lowest BCUT2D eigenvalue weighted by Gasteiger charge is -2.16. The third kappa shape index (κ3) is 4.88. The molecule has 3 aromatic rings. The standard InChI is InChI=1S/C18H12BrCl2N3O3/c19-13-3-1-12(2-4-13)18(27-24(25)26)16(10-23-8-7-22-11-23)15-6-5-14(20)9-17(15)21/h1-9,11H,10H2. The van der Waals surface area contributed by atoms with Gasteiger partial charge in [0.05, 0.1) is 12.9 Å². The Balaban J connectivity index is 2.24. The quantitative estimate of drug-likeness (QED) is 0.200. The average Bonchev–Trinajstić information content (AvgIpc) is 3.12. The molecular formula is C18H12BrCl2N3O3. The van der Waals surface area contributed by atoms with Gasteiger partial charge in [-0.1, -0.05) is 57.3 Å². The van der Waals surface area contributed by atoms with Crippen LogP contribution in [0.4, 0.5) is 0 Å². The van der Waals surface area contributed by atoms with E-state index in [4.69, 9.17) is 28.0 Å². The zero-order chi connectivity index (χ0) is 19.4. The van der Waals surface area contributed by atoms with Crippen molar-refractivity contribution in [3.8, 4) is 0 Å². The Morgan fingerprint density at radius 2 is 1.96 bits per heavy atom. The van der Waals surface area contributed by atoms with Crippen LogP contribution in [0.2, 0.25) is 10.0 Å². The van der Waals surface area contributed by atoms with Crippen LogP contribution >= 0.6 is 39.1 Å². The minimum atomic E-state index is -0.838. The first kappa shape index (κ1) is 19.4. The van der Waals surface area contributed by atoms with Gasteiger partial charge in [0.1, 0.15) is 5.76 Å². The van der Waals surface area contributed by atoms with Crippen LogP contribution in [0.3, 0.4) is 0 Å². The summed E-state index contributed by atoms with van der Waals surface area (Å²) in [5.74, 6) is 0.0884. The smallest absolute Gasteiger partial charge is 0.299 e. The fourth-order valence-corrected chi connectivity index (χ4v) is 3.32. The van der Waals surface area contributed by atoms with Crippen molar-refractivity contribution in [3.63, 3.8) is 0 Å². The first-order valence-corrected chi connectivity index (χ1v) is 9.21. The van der Waals surface area contributed by atoms with Gasteiger partial charge in [-0.2, -0.15) is 0 Å². The zero-order valence-electron chi connectivity index (χ0n) is 13.7. The monoisotopic (exact) mass is 467 g/mol. The summed E-state index contributed by atoms with van der Waals surface area (Å²) in [5, 5.41) is 11.2. The molecule has 0 N–H and O–H groups in total. The lowest BCUT2D eigenvalue weighted by molar-refractivity contribution is -0.730. The number of halogens is 3. The molecule has 0 saturated carbocycles. The second-order valence-corrected chi connectivity index (χ2v) is 7.25. The lowest BCUT2D eigenvalue weighted by Crippen LogP contribution is -2.07. The molecule has 1 aromatic heterocycles. The summed E-state index contributed by atoms with van der Waals surface area (Å²) in [7, 11) is 0. The van der Waals surface area contributed by atoms with Gasteiger partial charge in [0.15, 0.2) is 0 Å². The molecule has 0 unspecified atom stereocenters. The summed E-state index contributed by atoms with van der Waals surface area (Å²) < 4.78 is 2.61. The number of imidazole rings is 1. The Morgan fingerprint density at radius 3 is 2.56 bits per heavy atom. The second kappa shape index (κ2) is 8.56. The van der Waals surface area contributed by atoms with Crippen molar-refractivity contribution in [3.05, 3.63) is 96.9 Å². The fourth-order valence-electron chi connectivity index (χ4n) is 2.53. The minimum absolute atomic E-state index is 0.0884. The molecule has 0 spiro atoms. The van der Waals surface area contributed by atoms with Crippen LogP contribution in [0.25, 0.3) is 11.3 Å². The summed E-state index contributed by atoms with van der Waals surface area (Å²) in [4.78, 5) is 20.2. The highest BCUT2D eigenvalue weighted by Gasteiger charge is 2.19. The Bertz CT molecular complexity index is 990. The van der Waals surface area contributed by atoms with Crippen LogP contribution < -0.4 is 0 Å². The molecule has 0 bridgehead atoms. The predicted molar refractivity (Wildman–Crippen MR) is 108 cm³/mol. The summed E-state index contributed by atoms with van der Waals surface area (Å²) in [6.07, 6.45) is 4.97. The van der Waals surface area contributed by atoms with Gasteiger partial charge in [0.2, 0.25) is 0 Å². The molecule has 27 heavy (non-hydrogen) atoms. The van der Waals surface area contributed by atoms with Gasteiger partial charge in [-0.15, -0.1) is 10.1 Å². The summed E-state index contributed by atoms with van der Waals surface area (Å²) >= 11 is 15.7. The maximum absolute atomic E-state index is 11.2. The molecule has 0 aliphatic heterocycles. The first-order valence-electron chi connectivity index (χ1n) is 7.66. The number of nitrogens with zero attached hydrogens (tertiary/aromatic N) is 3. The van der Waals surface area contributed by atoms with E-state index in [0.717, 1.165) is 4.47 Å². The molecule has 0 aliphatic rings. The highest BCUT2D eigenvalue weighted by molar-refractivity contribution is 9.10. The van der Waals surface area contributed by atoms with Crippen molar-refractivity contribution in [2.45, 2.75) is 6.54 Å². The van der Waals surface area contributed by atoms with Gasteiger partial charge in [-0.25, -0.2) is 4.98 Å². The third-order valence-electron chi connectivity index (χ3n) is 3.70.